The second-order valence-electron chi connectivity index (χ2n) is 19.0. The molecule has 9 aromatic carbocycles. The molecule has 328 valence electrons. The van der Waals surface area contributed by atoms with E-state index in [0.29, 0.717) is 0 Å². The molecule has 4 heterocycles. The summed E-state index contributed by atoms with van der Waals surface area (Å²) >= 11 is 0. The maximum Gasteiger partial charge on any atom is 0.255 e. The summed E-state index contributed by atoms with van der Waals surface area (Å²) in [5.41, 5.74) is 19.4. The van der Waals surface area contributed by atoms with Gasteiger partial charge in [0, 0.05) is 51.4 Å². The van der Waals surface area contributed by atoms with Crippen molar-refractivity contribution < 1.29 is 9.30 Å². The lowest BCUT2D eigenvalue weighted by Crippen LogP contribution is -2.31. The Morgan fingerprint density at radius 3 is 1.84 bits per heavy atom. The number of aromatic nitrogens is 4. The number of rotatable bonds is 6. The average molecular weight is 888 g/mol. The van der Waals surface area contributed by atoms with Gasteiger partial charge in [-0.15, -0.1) is 0 Å². The van der Waals surface area contributed by atoms with Gasteiger partial charge in [0.15, 0.2) is 11.0 Å². The Morgan fingerprint density at radius 2 is 1.04 bits per heavy atom. The molecule has 5 heteroatoms. The Bertz CT molecular complexity index is 3970. The van der Waals surface area contributed by atoms with Gasteiger partial charge < -0.3 is 4.74 Å². The number of imidazole rings is 1. The lowest BCUT2D eigenvalue weighted by molar-refractivity contribution is -0.566. The SMILES string of the molecule is CC(C)(C)c1ccnc(-n2c3ccccc3c3ccc(Oc4cccc(-n5c[n+]6c7c(cccc75)-c5ccccc5-c5cccc(-c7ccccc7)c5-c5cccc(-c7ccccc7)c5-6)c4)cc32)c1. The maximum absolute atomic E-state index is 6.87. The number of ether oxygens (including phenoxy) is 1. The lowest BCUT2D eigenvalue weighted by Gasteiger charge is -2.20. The first-order valence-electron chi connectivity index (χ1n) is 23.7. The van der Waals surface area contributed by atoms with Crippen molar-refractivity contribution in [1.82, 2.24) is 14.1 Å². The van der Waals surface area contributed by atoms with Gasteiger partial charge in [0.2, 0.25) is 0 Å². The predicted molar refractivity (Wildman–Crippen MR) is 283 cm³/mol. The van der Waals surface area contributed by atoms with E-state index in [-0.39, 0.29) is 5.41 Å². The van der Waals surface area contributed by atoms with E-state index >= 15 is 0 Å². The zero-order chi connectivity index (χ0) is 46.2. The van der Waals surface area contributed by atoms with E-state index in [1.54, 1.807) is 0 Å². The number of pyridine rings is 1. The van der Waals surface area contributed by atoms with E-state index in [4.69, 9.17) is 9.72 Å². The van der Waals surface area contributed by atoms with Crippen LogP contribution in [0.25, 0.3) is 106 Å². The van der Waals surface area contributed by atoms with Gasteiger partial charge in [-0.3, -0.25) is 4.57 Å². The first-order chi connectivity index (χ1) is 33.9. The van der Waals surface area contributed by atoms with Crippen LogP contribution in [0, 0.1) is 0 Å². The van der Waals surface area contributed by atoms with Crippen LogP contribution in [0.1, 0.15) is 26.3 Å². The van der Waals surface area contributed by atoms with Crippen LogP contribution in [0.4, 0.5) is 0 Å². The molecular formula is C64H47N4O+. The highest BCUT2D eigenvalue weighted by molar-refractivity contribution is 6.10. The largest absolute Gasteiger partial charge is 0.457 e. The number of hydrogen-bond donors (Lipinski definition) is 0. The second kappa shape index (κ2) is 15.9. The summed E-state index contributed by atoms with van der Waals surface area (Å²) in [5.74, 6) is 2.38. The number of para-hydroxylation sites is 3. The Labute approximate surface area is 401 Å². The predicted octanol–water partition coefficient (Wildman–Crippen LogP) is 16.1. The van der Waals surface area contributed by atoms with E-state index < -0.39 is 0 Å². The summed E-state index contributed by atoms with van der Waals surface area (Å²) in [7, 11) is 0. The van der Waals surface area contributed by atoms with Crippen molar-refractivity contribution in [1.29, 1.82) is 0 Å². The fraction of sp³-hybridized carbons (Fsp3) is 0.0625. The van der Waals surface area contributed by atoms with Gasteiger partial charge in [0.25, 0.3) is 6.33 Å². The maximum atomic E-state index is 6.87. The Balaban J connectivity index is 1.01. The molecule has 1 aliphatic heterocycles. The minimum absolute atomic E-state index is 0.0213. The van der Waals surface area contributed by atoms with Crippen molar-refractivity contribution in [3.8, 4) is 84.3 Å². The van der Waals surface area contributed by atoms with Gasteiger partial charge in [0.05, 0.1) is 11.0 Å². The molecule has 0 saturated carbocycles. The highest BCUT2D eigenvalue weighted by Gasteiger charge is 2.32. The minimum atomic E-state index is -0.0213. The van der Waals surface area contributed by atoms with Crippen molar-refractivity contribution in [2.45, 2.75) is 26.2 Å². The monoisotopic (exact) mass is 887 g/mol. The molecule has 69 heavy (non-hydrogen) atoms. The molecule has 3 aromatic heterocycles. The molecule has 0 bridgehead atoms. The smallest absolute Gasteiger partial charge is 0.255 e. The van der Waals surface area contributed by atoms with E-state index in [9.17, 15) is 0 Å². The minimum Gasteiger partial charge on any atom is -0.457 e. The summed E-state index contributed by atoms with van der Waals surface area (Å²) in [6.45, 7) is 6.72. The average Bonchev–Trinajstić information content (AvgIpc) is 3.95. The molecule has 0 saturated heterocycles. The van der Waals surface area contributed by atoms with Crippen LogP contribution in [-0.4, -0.2) is 14.1 Å². The summed E-state index contributed by atoms with van der Waals surface area (Å²) in [4.78, 5) is 4.91. The van der Waals surface area contributed by atoms with Crippen molar-refractivity contribution in [3.63, 3.8) is 0 Å². The number of nitrogens with zero attached hydrogens (tertiary/aromatic N) is 4. The van der Waals surface area contributed by atoms with Crippen molar-refractivity contribution in [2.75, 3.05) is 0 Å². The summed E-state index contributed by atoms with van der Waals surface area (Å²) in [6, 6.07) is 78.5. The number of benzene rings is 9. The fourth-order valence-electron chi connectivity index (χ4n) is 10.6. The van der Waals surface area contributed by atoms with Gasteiger partial charge in [-0.2, -0.15) is 9.13 Å². The van der Waals surface area contributed by atoms with Crippen molar-refractivity contribution in [3.05, 3.63) is 236 Å². The molecule has 1 aliphatic rings. The quantitative estimate of drug-likeness (QED) is 0.156. The molecule has 5 nitrogen and oxygen atoms in total. The zero-order valence-corrected chi connectivity index (χ0v) is 38.6. The van der Waals surface area contributed by atoms with Crippen LogP contribution >= 0.6 is 0 Å². The number of hydrogen-bond acceptors (Lipinski definition) is 2. The molecule has 0 unspecified atom stereocenters. The lowest BCUT2D eigenvalue weighted by atomic mass is 9.84. The van der Waals surface area contributed by atoms with Crippen LogP contribution in [0.3, 0.4) is 0 Å². The van der Waals surface area contributed by atoms with Crippen LogP contribution < -0.4 is 9.30 Å². The third kappa shape index (κ3) is 6.69. The molecule has 0 amide bonds. The summed E-state index contributed by atoms with van der Waals surface area (Å²) < 4.78 is 13.9. The summed E-state index contributed by atoms with van der Waals surface area (Å²) in [5, 5.41) is 2.33. The van der Waals surface area contributed by atoms with Crippen LogP contribution in [0.15, 0.2) is 231 Å². The molecule has 0 atom stereocenters. The van der Waals surface area contributed by atoms with Gasteiger partial charge in [-0.25, -0.2) is 4.98 Å². The summed E-state index contributed by atoms with van der Waals surface area (Å²) in [6.07, 6.45) is 4.20. The van der Waals surface area contributed by atoms with E-state index in [2.05, 4.69) is 253 Å². The molecule has 0 fully saturated rings. The first-order valence-corrected chi connectivity index (χ1v) is 23.7. The molecule has 12 aromatic rings. The fourth-order valence-corrected chi connectivity index (χ4v) is 10.6. The Kier molecular flexibility index (Phi) is 9.34. The highest BCUT2D eigenvalue weighted by Crippen LogP contribution is 2.48. The van der Waals surface area contributed by atoms with E-state index in [1.807, 2.05) is 12.3 Å². The molecule has 13 rings (SSSR count). The third-order valence-corrected chi connectivity index (χ3v) is 13.9. The molecule has 0 radical (unpaired) electrons. The molecular weight excluding hydrogens is 841 g/mol. The Morgan fingerprint density at radius 1 is 0.449 bits per heavy atom. The van der Waals surface area contributed by atoms with Crippen LogP contribution in [0.5, 0.6) is 11.5 Å². The molecule has 0 spiro atoms. The van der Waals surface area contributed by atoms with E-state index in [1.165, 1.54) is 44.3 Å². The first kappa shape index (κ1) is 40.5. The van der Waals surface area contributed by atoms with Gasteiger partial charge in [-0.05, 0) is 99.0 Å². The molecule has 0 N–H and O–H groups in total. The van der Waals surface area contributed by atoms with Crippen molar-refractivity contribution in [2.24, 2.45) is 0 Å². The standard InChI is InChI=1S/C64H47N4O/c1-64(2,3)44-36-37-65-60(38-44)68-57-32-13-12-26-52(57)53-35-34-47(40-59(53)68)69-46-23-14-22-45(39-46)66-41-67-62-49(43-20-8-5-9-21-43)28-16-31-56(62)61-48(42-18-6-4-7-19-42)27-15-29-54(61)50-24-10-11-25-51(50)55-30-17-33-58(66)63(55)67/h4-41H,1-3H3/q+1. The molecule has 0 aliphatic carbocycles. The Hall–Kier alpha value is -8.80. The van der Waals surface area contributed by atoms with Crippen molar-refractivity contribution >= 4 is 32.8 Å². The number of fused-ring (bicyclic) bond motifs is 10. The second-order valence-corrected chi connectivity index (χ2v) is 19.0. The van der Waals surface area contributed by atoms with E-state index in [0.717, 1.165) is 78.4 Å². The topological polar surface area (TPSA) is 35.9 Å². The third-order valence-electron chi connectivity index (χ3n) is 13.9. The van der Waals surface area contributed by atoms with Crippen LogP contribution in [-0.2, 0) is 5.41 Å². The van der Waals surface area contributed by atoms with Crippen LogP contribution in [0.2, 0.25) is 0 Å². The van der Waals surface area contributed by atoms with Gasteiger partial charge >= 0.3 is 0 Å². The van der Waals surface area contributed by atoms with Gasteiger partial charge in [-0.1, -0.05) is 172 Å². The highest BCUT2D eigenvalue weighted by atomic mass is 16.5. The zero-order valence-electron chi connectivity index (χ0n) is 38.6. The normalized spacial score (nSPS) is 12.0. The van der Waals surface area contributed by atoms with Gasteiger partial charge in [0.1, 0.15) is 28.7 Å².